The van der Waals surface area contributed by atoms with Gasteiger partial charge in [-0.2, -0.15) is 0 Å². The number of hydrogen-bond donors (Lipinski definition) is 1. The van der Waals surface area contributed by atoms with Crippen molar-refractivity contribution in [3.05, 3.63) is 34.4 Å². The molecule has 1 N–H and O–H groups in total. The van der Waals surface area contributed by atoms with E-state index in [1.54, 1.807) is 0 Å². The van der Waals surface area contributed by atoms with Crippen LogP contribution in [0.15, 0.2) is 24.3 Å². The van der Waals surface area contributed by atoms with Crippen molar-refractivity contribution < 1.29 is 22.9 Å². The number of nitrogens with zero attached hydrogens (tertiary/aromatic N) is 2. The van der Waals surface area contributed by atoms with Crippen molar-refractivity contribution in [1.82, 2.24) is 9.62 Å². The molecule has 1 aromatic carbocycles. The Hall–Kier alpha value is -2.20. The number of carbonyl (C=O) groups is 1. The second kappa shape index (κ2) is 7.58. The van der Waals surface area contributed by atoms with Crippen LogP contribution in [0.25, 0.3) is 0 Å². The molecule has 0 saturated carbocycles. The molecular weight excluding hydrogens is 338 g/mol. The number of rotatable bonds is 4. The topological polar surface area (TPSA) is 119 Å². The van der Waals surface area contributed by atoms with Gasteiger partial charge in [-0.1, -0.05) is 0 Å². The van der Waals surface area contributed by atoms with Gasteiger partial charge < -0.3 is 9.64 Å². The van der Waals surface area contributed by atoms with Crippen LogP contribution < -0.4 is 9.46 Å². The number of non-ortho nitro benzene ring substituents is 1. The summed E-state index contributed by atoms with van der Waals surface area (Å²) in [5.74, 6) is 0.223. The van der Waals surface area contributed by atoms with Crippen molar-refractivity contribution in [2.45, 2.75) is 25.3 Å². The summed E-state index contributed by atoms with van der Waals surface area (Å²) < 4.78 is 30.3. The predicted octanol–water partition coefficient (Wildman–Crippen LogP) is 1.50. The van der Waals surface area contributed by atoms with E-state index >= 15 is 0 Å². The Morgan fingerprint density at radius 3 is 2.54 bits per heavy atom. The summed E-state index contributed by atoms with van der Waals surface area (Å²) in [4.78, 5) is 23.7. The monoisotopic (exact) mass is 357 g/mol. The van der Waals surface area contributed by atoms with E-state index in [-0.39, 0.29) is 17.5 Å². The number of hydrogen-bond acceptors (Lipinski definition) is 6. The molecule has 1 atom stereocenters. The summed E-state index contributed by atoms with van der Waals surface area (Å²) in [5, 5.41) is 10.6. The highest BCUT2D eigenvalue weighted by Gasteiger charge is 2.23. The molecule has 1 fully saturated rings. The number of nitro benzene ring substituents is 1. The number of sulfonamides is 1. The van der Waals surface area contributed by atoms with Crippen molar-refractivity contribution in [2.75, 3.05) is 19.3 Å². The molecule has 0 radical (unpaired) electrons. The van der Waals surface area contributed by atoms with Gasteiger partial charge in [-0.25, -0.2) is 17.9 Å². The van der Waals surface area contributed by atoms with Crippen molar-refractivity contribution >= 4 is 21.8 Å². The van der Waals surface area contributed by atoms with E-state index in [4.69, 9.17) is 4.74 Å². The van der Waals surface area contributed by atoms with Crippen LogP contribution in [0, 0.1) is 10.1 Å². The van der Waals surface area contributed by atoms with Crippen LogP contribution in [-0.4, -0.2) is 49.7 Å². The molecule has 0 unspecified atom stereocenters. The lowest BCUT2D eigenvalue weighted by Gasteiger charge is -2.20. The number of ether oxygens (including phenoxy) is 1. The molecule has 0 spiro atoms. The summed E-state index contributed by atoms with van der Waals surface area (Å²) in [7, 11) is -3.28. The van der Waals surface area contributed by atoms with Crippen LogP contribution >= 0.6 is 0 Å². The maximum atomic E-state index is 12.2. The minimum absolute atomic E-state index is 0.0840. The first-order valence-corrected chi connectivity index (χ1v) is 9.32. The predicted molar refractivity (Wildman–Crippen MR) is 86.3 cm³/mol. The fourth-order valence-corrected chi connectivity index (χ4v) is 3.34. The van der Waals surface area contributed by atoms with Crippen molar-refractivity contribution in [1.29, 1.82) is 0 Å². The smallest absolute Gasteiger partial charge is 0.410 e. The lowest BCUT2D eigenvalue weighted by molar-refractivity contribution is -0.384. The van der Waals surface area contributed by atoms with Gasteiger partial charge in [0.05, 0.1) is 11.2 Å². The van der Waals surface area contributed by atoms with Crippen molar-refractivity contribution in [3.8, 4) is 5.75 Å². The summed E-state index contributed by atoms with van der Waals surface area (Å²) in [6, 6.07) is 5.05. The maximum absolute atomic E-state index is 12.2. The van der Waals surface area contributed by atoms with Crippen molar-refractivity contribution in [2.24, 2.45) is 0 Å². The Morgan fingerprint density at radius 2 is 1.96 bits per heavy atom. The average Bonchev–Trinajstić information content (AvgIpc) is 2.71. The molecule has 10 heteroatoms. The van der Waals surface area contributed by atoms with Crippen LogP contribution in [0.3, 0.4) is 0 Å². The molecular formula is C14H19N3O6S. The van der Waals surface area contributed by atoms with Gasteiger partial charge in [0.25, 0.3) is 5.69 Å². The highest BCUT2D eigenvalue weighted by atomic mass is 32.2. The Bertz CT molecular complexity index is 704. The molecule has 1 amide bonds. The van der Waals surface area contributed by atoms with Crippen LogP contribution in [0.2, 0.25) is 0 Å². The Kier molecular flexibility index (Phi) is 5.73. The molecule has 2 rings (SSSR count). The molecule has 1 saturated heterocycles. The first-order chi connectivity index (χ1) is 11.2. The standard InChI is InChI=1S/C14H19N3O6S/c1-24(21,22)15-11-3-2-9-16(10-8-11)14(18)23-13-6-4-12(5-7-13)17(19)20/h4-7,11,15H,2-3,8-10H2,1H3/t11-/m0/s1. The van der Waals surface area contributed by atoms with Gasteiger partial charge in [-0.3, -0.25) is 10.1 Å². The van der Waals surface area contributed by atoms with Crippen LogP contribution in [0.1, 0.15) is 19.3 Å². The van der Waals surface area contributed by atoms with Gasteiger partial charge in [0, 0.05) is 31.3 Å². The summed E-state index contributed by atoms with van der Waals surface area (Å²) in [6.45, 7) is 0.840. The Labute approximate surface area is 139 Å². The van der Waals surface area contributed by atoms with E-state index in [1.807, 2.05) is 0 Å². The Balaban J connectivity index is 1.91. The van der Waals surface area contributed by atoms with Gasteiger partial charge in [-0.15, -0.1) is 0 Å². The third-order valence-electron chi connectivity index (χ3n) is 3.62. The lowest BCUT2D eigenvalue weighted by atomic mass is 10.1. The third kappa shape index (κ3) is 5.46. The SMILES string of the molecule is CS(=O)(=O)N[C@H]1CCCN(C(=O)Oc2ccc([N+](=O)[O-])cc2)CC1. The highest BCUT2D eigenvalue weighted by Crippen LogP contribution is 2.19. The zero-order valence-electron chi connectivity index (χ0n) is 13.2. The third-order valence-corrected chi connectivity index (χ3v) is 4.38. The molecule has 0 aliphatic carbocycles. The summed E-state index contributed by atoms with van der Waals surface area (Å²) in [6.07, 6.45) is 2.36. The molecule has 1 aromatic rings. The second-order valence-corrected chi connectivity index (χ2v) is 7.40. The number of nitro groups is 1. The van der Waals surface area contributed by atoms with Crippen LogP contribution in [0.4, 0.5) is 10.5 Å². The second-order valence-electron chi connectivity index (χ2n) is 5.62. The van der Waals surface area contributed by atoms with Gasteiger partial charge >= 0.3 is 6.09 Å². The zero-order chi connectivity index (χ0) is 17.7. The molecule has 1 aliphatic heterocycles. The number of nitrogens with one attached hydrogen (secondary N) is 1. The van der Waals surface area contributed by atoms with E-state index in [9.17, 15) is 23.3 Å². The number of likely N-dealkylation sites (tertiary alicyclic amines) is 1. The molecule has 24 heavy (non-hydrogen) atoms. The fraction of sp³-hybridized carbons (Fsp3) is 0.500. The number of carbonyl (C=O) groups excluding carboxylic acids is 1. The van der Waals surface area contributed by atoms with Gasteiger partial charge in [-0.05, 0) is 31.4 Å². The van der Waals surface area contributed by atoms with E-state index in [1.165, 1.54) is 29.2 Å². The van der Waals surface area contributed by atoms with E-state index in [0.29, 0.717) is 32.4 Å². The number of amides is 1. The van der Waals surface area contributed by atoms with Crippen molar-refractivity contribution in [3.63, 3.8) is 0 Å². The van der Waals surface area contributed by atoms with Gasteiger partial charge in [0.1, 0.15) is 5.75 Å². The largest absolute Gasteiger partial charge is 0.415 e. The van der Waals surface area contributed by atoms with E-state index in [0.717, 1.165) is 6.26 Å². The first-order valence-electron chi connectivity index (χ1n) is 7.43. The lowest BCUT2D eigenvalue weighted by Crippen LogP contribution is -2.37. The number of benzene rings is 1. The zero-order valence-corrected chi connectivity index (χ0v) is 14.0. The summed E-state index contributed by atoms with van der Waals surface area (Å²) >= 11 is 0. The Morgan fingerprint density at radius 1 is 1.29 bits per heavy atom. The molecule has 132 valence electrons. The van der Waals surface area contributed by atoms with Gasteiger partial charge in [0.2, 0.25) is 10.0 Å². The maximum Gasteiger partial charge on any atom is 0.415 e. The molecule has 9 nitrogen and oxygen atoms in total. The first kappa shape index (κ1) is 18.1. The van der Waals surface area contributed by atoms with Crippen LogP contribution in [-0.2, 0) is 10.0 Å². The molecule has 0 aromatic heterocycles. The fourth-order valence-electron chi connectivity index (χ4n) is 2.50. The quantitative estimate of drug-likeness (QED) is 0.644. The average molecular weight is 357 g/mol. The normalized spacial score (nSPS) is 18.7. The van der Waals surface area contributed by atoms with Crippen LogP contribution in [0.5, 0.6) is 5.75 Å². The molecule has 1 heterocycles. The molecule has 0 bridgehead atoms. The minimum atomic E-state index is -3.28. The van der Waals surface area contributed by atoms with E-state index in [2.05, 4.69) is 4.72 Å². The minimum Gasteiger partial charge on any atom is -0.410 e. The van der Waals surface area contributed by atoms with Gasteiger partial charge in [0.15, 0.2) is 0 Å². The molecule has 1 aliphatic rings. The van der Waals surface area contributed by atoms with E-state index < -0.39 is 21.0 Å². The summed E-state index contributed by atoms with van der Waals surface area (Å²) in [5.41, 5.74) is -0.0840. The highest BCUT2D eigenvalue weighted by molar-refractivity contribution is 7.88.